The highest BCUT2D eigenvalue weighted by Crippen LogP contribution is 2.22. The van der Waals surface area contributed by atoms with Gasteiger partial charge in [0.05, 0.1) is 12.8 Å². The summed E-state index contributed by atoms with van der Waals surface area (Å²) in [5.41, 5.74) is 4.23. The highest BCUT2D eigenvalue weighted by atomic mass is 127. The summed E-state index contributed by atoms with van der Waals surface area (Å²) in [6.45, 7) is 2.08. The second-order valence-corrected chi connectivity index (χ2v) is 4.25. The average molecular weight is 366 g/mol. The molecule has 0 spiro atoms. The molecule has 2 heterocycles. The lowest BCUT2D eigenvalue weighted by Gasteiger charge is -2.00. The number of imidazole rings is 1. The normalized spacial score (nSPS) is 10.2. The van der Waals surface area contributed by atoms with E-state index < -0.39 is 0 Å². The Morgan fingerprint density at radius 2 is 1.79 bits per heavy atom. The van der Waals surface area contributed by atoms with Crippen LogP contribution in [0.5, 0.6) is 5.75 Å². The molecule has 0 aliphatic carbocycles. The third-order valence-electron chi connectivity index (χ3n) is 3.08. The van der Waals surface area contributed by atoms with Crippen LogP contribution in [0.4, 0.5) is 0 Å². The first kappa shape index (κ1) is 13.9. The summed E-state index contributed by atoms with van der Waals surface area (Å²) in [6.07, 6.45) is 2.06. The summed E-state index contributed by atoms with van der Waals surface area (Å²) in [5, 5.41) is 0. The van der Waals surface area contributed by atoms with Gasteiger partial charge in [0.25, 0.3) is 0 Å². The first-order valence-electron chi connectivity index (χ1n) is 5.87. The van der Waals surface area contributed by atoms with Crippen LogP contribution >= 0.6 is 24.0 Å². The van der Waals surface area contributed by atoms with Gasteiger partial charge < -0.3 is 9.14 Å². The van der Waals surface area contributed by atoms with E-state index in [2.05, 4.69) is 28.6 Å². The summed E-state index contributed by atoms with van der Waals surface area (Å²) < 4.78 is 7.25. The van der Waals surface area contributed by atoms with Crippen molar-refractivity contribution in [2.24, 2.45) is 0 Å². The topological polar surface area (TPSA) is 26.5 Å². The third-order valence-corrected chi connectivity index (χ3v) is 3.08. The first-order chi connectivity index (χ1) is 8.78. The largest absolute Gasteiger partial charge is 0.497 e. The number of fused-ring (bicyclic) bond motifs is 1. The van der Waals surface area contributed by atoms with Crippen molar-refractivity contribution in [1.29, 1.82) is 0 Å². The van der Waals surface area contributed by atoms with Crippen LogP contribution in [-0.4, -0.2) is 16.5 Å². The zero-order valence-electron chi connectivity index (χ0n) is 10.8. The number of hydrogen-bond acceptors (Lipinski definition) is 2. The number of rotatable bonds is 2. The quantitative estimate of drug-likeness (QED) is 0.643. The lowest BCUT2D eigenvalue weighted by Crippen LogP contribution is -1.86. The molecule has 0 unspecified atom stereocenters. The van der Waals surface area contributed by atoms with E-state index in [0.29, 0.717) is 0 Å². The number of aromatic nitrogens is 2. The predicted molar refractivity (Wildman–Crippen MR) is 87.3 cm³/mol. The number of aryl methyl sites for hydroxylation is 1. The predicted octanol–water partition coefficient (Wildman–Crippen LogP) is 3.94. The van der Waals surface area contributed by atoms with E-state index in [1.807, 2.05) is 36.4 Å². The Morgan fingerprint density at radius 1 is 1.05 bits per heavy atom. The van der Waals surface area contributed by atoms with Crippen LogP contribution in [-0.2, 0) is 0 Å². The van der Waals surface area contributed by atoms with Crippen molar-refractivity contribution in [1.82, 2.24) is 9.38 Å². The zero-order chi connectivity index (χ0) is 12.5. The van der Waals surface area contributed by atoms with E-state index >= 15 is 0 Å². The molecule has 0 saturated carbocycles. The van der Waals surface area contributed by atoms with Crippen LogP contribution in [0.1, 0.15) is 5.69 Å². The van der Waals surface area contributed by atoms with Crippen molar-refractivity contribution in [3.05, 3.63) is 54.4 Å². The Morgan fingerprint density at radius 3 is 2.42 bits per heavy atom. The van der Waals surface area contributed by atoms with Gasteiger partial charge in [-0.15, -0.1) is 24.0 Å². The number of hydrogen-bond donors (Lipinski definition) is 0. The van der Waals surface area contributed by atoms with Crippen LogP contribution in [0.15, 0.2) is 48.7 Å². The zero-order valence-corrected chi connectivity index (χ0v) is 13.2. The molecule has 0 amide bonds. The summed E-state index contributed by atoms with van der Waals surface area (Å²) in [6, 6.07) is 14.1. The second kappa shape index (κ2) is 5.61. The molecule has 3 rings (SSSR count). The van der Waals surface area contributed by atoms with Crippen molar-refractivity contribution in [2.75, 3.05) is 7.11 Å². The molecule has 0 aliphatic heterocycles. The molecule has 0 saturated heterocycles. The molecule has 1 aromatic carbocycles. The highest BCUT2D eigenvalue weighted by Gasteiger charge is 2.05. The van der Waals surface area contributed by atoms with Gasteiger partial charge in [0, 0.05) is 17.5 Å². The smallest absolute Gasteiger partial charge is 0.137 e. The van der Waals surface area contributed by atoms with Crippen molar-refractivity contribution in [3.8, 4) is 17.0 Å². The van der Waals surface area contributed by atoms with Crippen LogP contribution in [0.2, 0.25) is 0 Å². The van der Waals surface area contributed by atoms with Gasteiger partial charge in [0.1, 0.15) is 11.4 Å². The van der Waals surface area contributed by atoms with Gasteiger partial charge in [-0.3, -0.25) is 0 Å². The van der Waals surface area contributed by atoms with Crippen molar-refractivity contribution in [3.63, 3.8) is 0 Å². The van der Waals surface area contributed by atoms with E-state index in [1.54, 1.807) is 7.11 Å². The molecule has 0 N–H and O–H groups in total. The van der Waals surface area contributed by atoms with E-state index in [9.17, 15) is 0 Å². The Labute approximate surface area is 129 Å². The van der Waals surface area contributed by atoms with Crippen LogP contribution in [0, 0.1) is 6.92 Å². The number of benzene rings is 1. The van der Waals surface area contributed by atoms with E-state index in [4.69, 9.17) is 4.74 Å². The van der Waals surface area contributed by atoms with Crippen molar-refractivity contribution >= 4 is 29.6 Å². The fourth-order valence-electron chi connectivity index (χ4n) is 2.05. The second-order valence-electron chi connectivity index (χ2n) is 4.25. The van der Waals surface area contributed by atoms with E-state index in [1.165, 1.54) is 5.69 Å². The molecule has 0 radical (unpaired) electrons. The maximum atomic E-state index is 5.16. The van der Waals surface area contributed by atoms with Crippen molar-refractivity contribution < 1.29 is 4.74 Å². The highest BCUT2D eigenvalue weighted by molar-refractivity contribution is 14.0. The van der Waals surface area contributed by atoms with Gasteiger partial charge >= 0.3 is 0 Å². The van der Waals surface area contributed by atoms with Gasteiger partial charge in [0.15, 0.2) is 0 Å². The van der Waals surface area contributed by atoms with Crippen LogP contribution < -0.4 is 4.74 Å². The molecule has 0 atom stereocenters. The maximum absolute atomic E-state index is 5.16. The standard InChI is InChI=1S/C15H14N2O.HI/c1-11-4-3-5-15-16-14(10-17(11)15)12-6-8-13(18-2)9-7-12;/h3-10H,1-2H3;1H. The first-order valence-corrected chi connectivity index (χ1v) is 5.87. The minimum atomic E-state index is 0. The lowest BCUT2D eigenvalue weighted by molar-refractivity contribution is 0.415. The molecule has 0 fully saturated rings. The molecule has 3 nitrogen and oxygen atoms in total. The number of nitrogens with zero attached hydrogens (tertiary/aromatic N) is 2. The average Bonchev–Trinajstić information content (AvgIpc) is 2.84. The Hall–Kier alpha value is -1.56. The SMILES string of the molecule is COc1ccc(-c2cn3c(C)cccc3n2)cc1.I. The summed E-state index contributed by atoms with van der Waals surface area (Å²) in [5.74, 6) is 0.860. The molecule has 98 valence electrons. The van der Waals surface area contributed by atoms with Gasteiger partial charge in [-0.05, 0) is 43.3 Å². The van der Waals surface area contributed by atoms with Crippen LogP contribution in [0.25, 0.3) is 16.9 Å². The fourth-order valence-corrected chi connectivity index (χ4v) is 2.05. The minimum Gasteiger partial charge on any atom is -0.497 e. The number of methoxy groups -OCH3 is 1. The number of halogens is 1. The maximum Gasteiger partial charge on any atom is 0.137 e. The summed E-state index contributed by atoms with van der Waals surface area (Å²) in [4.78, 5) is 4.62. The van der Waals surface area contributed by atoms with E-state index in [0.717, 1.165) is 22.7 Å². The molecule has 4 heteroatoms. The molecular weight excluding hydrogens is 351 g/mol. The lowest BCUT2D eigenvalue weighted by atomic mass is 10.2. The molecule has 2 aromatic heterocycles. The van der Waals surface area contributed by atoms with Gasteiger partial charge in [-0.2, -0.15) is 0 Å². The van der Waals surface area contributed by atoms with Crippen LogP contribution in [0.3, 0.4) is 0 Å². The molecule has 3 aromatic rings. The molecule has 19 heavy (non-hydrogen) atoms. The Bertz CT molecular complexity index is 689. The number of pyridine rings is 1. The van der Waals surface area contributed by atoms with Gasteiger partial charge in [-0.25, -0.2) is 4.98 Å². The Balaban J connectivity index is 0.00000133. The summed E-state index contributed by atoms with van der Waals surface area (Å²) in [7, 11) is 1.67. The molecular formula is C15H15IN2O. The Kier molecular flexibility index (Phi) is 4.09. The third kappa shape index (κ3) is 2.58. The monoisotopic (exact) mass is 366 g/mol. The molecule has 0 bridgehead atoms. The van der Waals surface area contributed by atoms with E-state index in [-0.39, 0.29) is 24.0 Å². The van der Waals surface area contributed by atoms with Gasteiger partial charge in [0.2, 0.25) is 0 Å². The molecule has 0 aliphatic rings. The number of ether oxygens (including phenoxy) is 1. The van der Waals surface area contributed by atoms with Crippen molar-refractivity contribution in [2.45, 2.75) is 6.92 Å². The fraction of sp³-hybridized carbons (Fsp3) is 0.133. The minimum absolute atomic E-state index is 0. The summed E-state index contributed by atoms with van der Waals surface area (Å²) >= 11 is 0. The van der Waals surface area contributed by atoms with Gasteiger partial charge in [-0.1, -0.05) is 6.07 Å².